The number of hydrogen-bond acceptors (Lipinski definition) is 14. The van der Waals surface area contributed by atoms with E-state index in [1.165, 1.54) is 25.1 Å². The predicted octanol–water partition coefficient (Wildman–Crippen LogP) is 7.51. The summed E-state index contributed by atoms with van der Waals surface area (Å²) in [6.45, 7) is 13.9. The molecular weight excluding hydrogens is 872 g/mol. The number of esters is 1. The fourth-order valence-corrected chi connectivity index (χ4v) is 7.26. The van der Waals surface area contributed by atoms with Crippen LogP contribution >= 0.6 is 11.6 Å². The second-order valence-corrected chi connectivity index (χ2v) is 17.2. The van der Waals surface area contributed by atoms with Crippen molar-refractivity contribution in [3.05, 3.63) is 82.8 Å². The van der Waals surface area contributed by atoms with Gasteiger partial charge in [0.25, 0.3) is 5.91 Å². The average Bonchev–Trinajstić information content (AvgIpc) is 4.10. The lowest BCUT2D eigenvalue weighted by Gasteiger charge is -2.38. The van der Waals surface area contributed by atoms with Crippen LogP contribution in [0.25, 0.3) is 17.0 Å². The number of ether oxygens (including phenoxy) is 8. The van der Waals surface area contributed by atoms with E-state index in [1.807, 2.05) is 45.9 Å². The Kier molecular flexibility index (Phi) is 19.2. The average molecular weight is 936 g/mol. The zero-order chi connectivity index (χ0) is 46.9. The lowest BCUT2D eigenvalue weighted by molar-refractivity contribution is -0.156. The highest BCUT2D eigenvalue weighted by Gasteiger charge is 2.36. The monoisotopic (exact) mass is 934 g/mol. The second kappa shape index (κ2) is 25.2. The molecule has 0 atom stereocenters. The van der Waals surface area contributed by atoms with E-state index in [-0.39, 0.29) is 24.2 Å². The number of nitrogens with zero attached hydrogens (tertiary/aromatic N) is 4. The van der Waals surface area contributed by atoms with Crippen molar-refractivity contribution in [3.8, 4) is 11.5 Å². The van der Waals surface area contributed by atoms with E-state index in [0.29, 0.717) is 132 Å². The number of halogens is 1. The van der Waals surface area contributed by atoms with Gasteiger partial charge in [-0.15, -0.1) is 0 Å². The van der Waals surface area contributed by atoms with Crippen LogP contribution in [0.5, 0.6) is 11.5 Å². The SMILES string of the molecule is Cc1c(/C=C/C(=O)N(C)CCOCCOCCOCCOCCOCCOCCC(=O)OC(C)(C)C)oc2cc(Cl)c(Oc3ccncc3C(=O)N3CCN(C4CC4)c4ccccc43)cc12. The fraction of sp³-hybridized carbons (Fsp3) is 0.510. The molecule has 2 amide bonds. The Bertz CT molecular complexity index is 2240. The molecule has 3 heterocycles. The molecule has 17 heteroatoms. The zero-order valence-electron chi connectivity index (χ0n) is 38.7. The van der Waals surface area contributed by atoms with Crippen molar-refractivity contribution in [2.75, 3.05) is 116 Å². The first-order valence-electron chi connectivity index (χ1n) is 22.5. The van der Waals surface area contributed by atoms with E-state index in [4.69, 9.17) is 53.9 Å². The molecule has 0 spiro atoms. The number of pyridine rings is 1. The largest absolute Gasteiger partial charge is 0.460 e. The Hall–Kier alpha value is -5.07. The van der Waals surface area contributed by atoms with Gasteiger partial charge in [0.05, 0.1) is 102 Å². The van der Waals surface area contributed by atoms with Gasteiger partial charge < -0.3 is 57.0 Å². The number of rotatable bonds is 27. The summed E-state index contributed by atoms with van der Waals surface area (Å²) in [6.07, 6.45) is 8.76. The molecule has 0 N–H and O–H groups in total. The summed E-state index contributed by atoms with van der Waals surface area (Å²) >= 11 is 6.72. The standard InChI is InChI=1S/C49H63ClN4O12/c1-35-37-32-45(65-43-14-16-51-34-38(43)48(57)54-18-17-53(36-10-11-36)40-8-6-7-9-41(40)54)39(50)33-44(37)64-42(35)12-13-46(55)52(5)19-21-59-23-25-61-27-29-63-31-30-62-28-26-60-24-22-58-20-15-47(56)66-49(2,3)4/h6-9,12-14,16,32-34,36H,10-11,15,17-31H2,1-5H3/b13-12+. The predicted molar refractivity (Wildman–Crippen MR) is 251 cm³/mol. The van der Waals surface area contributed by atoms with Gasteiger partial charge >= 0.3 is 5.97 Å². The molecule has 0 bridgehead atoms. The van der Waals surface area contributed by atoms with Crippen molar-refractivity contribution < 1.29 is 56.7 Å². The fourth-order valence-electron chi connectivity index (χ4n) is 7.07. The molecule has 1 saturated carbocycles. The summed E-state index contributed by atoms with van der Waals surface area (Å²) in [5.41, 5.74) is 3.10. The molecule has 1 fully saturated rings. The summed E-state index contributed by atoms with van der Waals surface area (Å²) in [7, 11) is 1.70. The zero-order valence-corrected chi connectivity index (χ0v) is 39.5. The second-order valence-electron chi connectivity index (χ2n) is 16.8. The lowest BCUT2D eigenvalue weighted by Crippen LogP contribution is -2.45. The van der Waals surface area contributed by atoms with Crippen molar-refractivity contribution in [1.29, 1.82) is 0 Å². The molecule has 0 saturated heterocycles. The van der Waals surface area contributed by atoms with Gasteiger partial charge in [-0.1, -0.05) is 23.7 Å². The molecule has 2 aromatic carbocycles. The highest BCUT2D eigenvalue weighted by Crippen LogP contribution is 2.42. The number of aromatic nitrogens is 1. The Morgan fingerprint density at radius 2 is 1.42 bits per heavy atom. The van der Waals surface area contributed by atoms with Crippen molar-refractivity contribution in [1.82, 2.24) is 9.88 Å². The molecule has 0 unspecified atom stereocenters. The van der Waals surface area contributed by atoms with Crippen LogP contribution in [0.15, 0.2) is 65.4 Å². The third-order valence-electron chi connectivity index (χ3n) is 10.6. The summed E-state index contributed by atoms with van der Waals surface area (Å²) in [6, 6.07) is 13.7. The molecule has 4 aromatic rings. The smallest absolute Gasteiger partial charge is 0.308 e. The summed E-state index contributed by atoms with van der Waals surface area (Å²) in [4.78, 5) is 48.7. The maximum absolute atomic E-state index is 14.1. The lowest BCUT2D eigenvalue weighted by atomic mass is 10.1. The van der Waals surface area contributed by atoms with E-state index in [0.717, 1.165) is 28.9 Å². The quantitative estimate of drug-likeness (QED) is 0.0328. The molecule has 358 valence electrons. The number of hydrogen-bond donors (Lipinski definition) is 0. The molecule has 1 aliphatic heterocycles. The number of amides is 2. The van der Waals surface area contributed by atoms with Gasteiger partial charge in [-0.05, 0) is 70.9 Å². The molecular formula is C49H63ClN4O12. The summed E-state index contributed by atoms with van der Waals surface area (Å²) in [5.74, 6) is 0.501. The van der Waals surface area contributed by atoms with Crippen LogP contribution in [0.4, 0.5) is 11.4 Å². The van der Waals surface area contributed by atoms with E-state index in [9.17, 15) is 14.4 Å². The van der Waals surface area contributed by atoms with E-state index < -0.39 is 5.60 Å². The van der Waals surface area contributed by atoms with Crippen molar-refractivity contribution >= 4 is 57.8 Å². The Balaban J connectivity index is 0.837. The van der Waals surface area contributed by atoms with Crippen molar-refractivity contribution in [2.24, 2.45) is 0 Å². The number of likely N-dealkylation sites (N-methyl/N-ethyl adjacent to an activating group) is 1. The maximum atomic E-state index is 14.1. The first-order valence-corrected chi connectivity index (χ1v) is 22.9. The van der Waals surface area contributed by atoms with Gasteiger partial charge in [0.15, 0.2) is 0 Å². The van der Waals surface area contributed by atoms with Gasteiger partial charge in [-0.2, -0.15) is 0 Å². The molecule has 1 aliphatic carbocycles. The highest BCUT2D eigenvalue weighted by atomic mass is 35.5. The molecule has 2 aromatic heterocycles. The maximum Gasteiger partial charge on any atom is 0.308 e. The van der Waals surface area contributed by atoms with Crippen molar-refractivity contribution in [3.63, 3.8) is 0 Å². The van der Waals surface area contributed by atoms with Gasteiger partial charge in [0.2, 0.25) is 5.91 Å². The minimum atomic E-state index is -0.493. The van der Waals surface area contributed by atoms with E-state index in [1.54, 1.807) is 47.3 Å². The van der Waals surface area contributed by atoms with Gasteiger partial charge in [-0.3, -0.25) is 19.4 Å². The third-order valence-corrected chi connectivity index (χ3v) is 10.9. The van der Waals surface area contributed by atoms with E-state index >= 15 is 0 Å². The molecule has 2 aliphatic rings. The van der Waals surface area contributed by atoms with Crippen molar-refractivity contribution in [2.45, 2.75) is 58.6 Å². The van der Waals surface area contributed by atoms with Crippen LogP contribution in [-0.2, 0) is 42.7 Å². The topological polar surface area (TPSA) is 161 Å². The van der Waals surface area contributed by atoms with Crippen LogP contribution in [0, 0.1) is 6.92 Å². The summed E-state index contributed by atoms with van der Waals surface area (Å²) in [5, 5.41) is 1.06. The Labute approximate surface area is 391 Å². The minimum absolute atomic E-state index is 0.202. The number of carbonyl (C=O) groups excluding carboxylic acids is 3. The molecule has 66 heavy (non-hydrogen) atoms. The number of carbonyl (C=O) groups is 3. The first-order chi connectivity index (χ1) is 31.9. The number of benzene rings is 2. The Morgan fingerprint density at radius 3 is 2.05 bits per heavy atom. The number of aryl methyl sites for hydroxylation is 1. The minimum Gasteiger partial charge on any atom is -0.460 e. The molecule has 6 rings (SSSR count). The van der Waals surface area contributed by atoms with Crippen LogP contribution in [-0.4, -0.2) is 145 Å². The summed E-state index contributed by atoms with van der Waals surface area (Å²) < 4.78 is 50.7. The van der Waals surface area contributed by atoms with E-state index in [2.05, 4.69) is 16.0 Å². The van der Waals surface area contributed by atoms with Gasteiger partial charge in [0.1, 0.15) is 34.0 Å². The van der Waals surface area contributed by atoms with Crippen LogP contribution in [0.2, 0.25) is 5.02 Å². The number of furan rings is 1. The van der Waals surface area contributed by atoms with Crippen LogP contribution in [0.1, 0.15) is 61.7 Å². The third kappa shape index (κ3) is 15.2. The first kappa shape index (κ1) is 50.3. The van der Waals surface area contributed by atoms with Gasteiger partial charge in [0, 0.05) is 68.2 Å². The Morgan fingerprint density at radius 1 is 0.818 bits per heavy atom. The van der Waals surface area contributed by atoms with Gasteiger partial charge in [-0.25, -0.2) is 0 Å². The number of fused-ring (bicyclic) bond motifs is 2. The van der Waals surface area contributed by atoms with Crippen LogP contribution < -0.4 is 14.5 Å². The molecule has 16 nitrogen and oxygen atoms in total. The number of anilines is 2. The highest BCUT2D eigenvalue weighted by molar-refractivity contribution is 6.32. The van der Waals surface area contributed by atoms with Crippen LogP contribution in [0.3, 0.4) is 0 Å². The molecule has 0 radical (unpaired) electrons. The number of para-hydroxylation sites is 2. The normalized spacial score (nSPS) is 14.0.